The van der Waals surface area contributed by atoms with Crippen molar-refractivity contribution in [2.24, 2.45) is 5.92 Å². The first-order valence-corrected chi connectivity index (χ1v) is 13.7. The molecule has 0 aliphatic carbocycles. The summed E-state index contributed by atoms with van der Waals surface area (Å²) in [5.74, 6) is 2.61. The van der Waals surface area contributed by atoms with Crippen molar-refractivity contribution >= 4 is 11.1 Å². The van der Waals surface area contributed by atoms with Gasteiger partial charge in [-0.2, -0.15) is 5.10 Å². The van der Waals surface area contributed by atoms with Crippen molar-refractivity contribution in [3.63, 3.8) is 0 Å². The number of aromatic hydroxyl groups is 1. The van der Waals surface area contributed by atoms with Crippen LogP contribution in [-0.2, 0) is 0 Å². The van der Waals surface area contributed by atoms with Gasteiger partial charge in [-0.25, -0.2) is 4.68 Å². The summed E-state index contributed by atoms with van der Waals surface area (Å²) < 4.78 is 14.7. The first-order chi connectivity index (χ1) is 19.0. The Hall–Kier alpha value is -4.03. The van der Waals surface area contributed by atoms with E-state index in [4.69, 9.17) is 9.47 Å². The number of nitrogens with zero attached hydrogens (tertiary/aromatic N) is 3. The van der Waals surface area contributed by atoms with Gasteiger partial charge in [-0.3, -0.25) is 4.90 Å². The van der Waals surface area contributed by atoms with Crippen LogP contribution in [0.1, 0.15) is 50.0 Å². The van der Waals surface area contributed by atoms with E-state index >= 15 is 0 Å². The van der Waals surface area contributed by atoms with Gasteiger partial charge in [0, 0.05) is 36.1 Å². The molecule has 6 nitrogen and oxygen atoms in total. The molecule has 6 rings (SSSR count). The topological polar surface area (TPSA) is 59.8 Å². The summed E-state index contributed by atoms with van der Waals surface area (Å²) in [4.78, 5) is 2.52. The average Bonchev–Trinajstić information content (AvgIpc) is 3.65. The quantitative estimate of drug-likeness (QED) is 0.291. The van der Waals surface area contributed by atoms with Crippen LogP contribution >= 0.6 is 0 Å². The van der Waals surface area contributed by atoms with Gasteiger partial charge >= 0.3 is 0 Å². The van der Waals surface area contributed by atoms with E-state index in [1.54, 1.807) is 18.3 Å². The Morgan fingerprint density at radius 1 is 1.08 bits per heavy atom. The van der Waals surface area contributed by atoms with E-state index in [9.17, 15) is 5.11 Å². The molecule has 3 atom stereocenters. The molecular formula is C33H35N3O3. The summed E-state index contributed by atoms with van der Waals surface area (Å²) in [5, 5.41) is 14.6. The number of hydrogen-bond acceptors (Lipinski definition) is 5. The summed E-state index contributed by atoms with van der Waals surface area (Å²) in [6.07, 6.45) is 4.67. The van der Waals surface area contributed by atoms with Crippen LogP contribution in [-0.4, -0.2) is 45.5 Å². The third-order valence-corrected chi connectivity index (χ3v) is 7.96. The fraction of sp³-hybridized carbons (Fsp3) is 0.303. The Bertz CT molecular complexity index is 1480. The summed E-state index contributed by atoms with van der Waals surface area (Å²) in [6, 6.07) is 24.2. The highest BCUT2D eigenvalue weighted by Crippen LogP contribution is 2.47. The Labute approximate surface area is 230 Å². The van der Waals surface area contributed by atoms with Gasteiger partial charge in [-0.1, -0.05) is 31.2 Å². The standard InChI is InChI=1S/C33H35N3O3/c1-22-14-17-35(20-22)23(2)21-38-29-11-8-25(9-12-29)33-32(24(3)30-19-28(37)10-13-31(30)39-33)26-6-4-7-27(18-26)36-16-5-15-34-36/h4-13,15-16,18-19,22-23,33,37H,14,17,20-21H2,1-3H3. The van der Waals surface area contributed by atoms with E-state index in [1.165, 1.54) is 6.42 Å². The first-order valence-electron chi connectivity index (χ1n) is 13.7. The second-order valence-corrected chi connectivity index (χ2v) is 10.8. The van der Waals surface area contributed by atoms with Crippen molar-refractivity contribution in [3.05, 3.63) is 102 Å². The van der Waals surface area contributed by atoms with Crippen LogP contribution in [0.25, 0.3) is 16.8 Å². The minimum Gasteiger partial charge on any atom is -0.508 e. The molecule has 1 aromatic heterocycles. The van der Waals surface area contributed by atoms with Gasteiger partial charge in [0.05, 0.1) is 5.69 Å². The predicted molar refractivity (Wildman–Crippen MR) is 154 cm³/mol. The smallest absolute Gasteiger partial charge is 0.150 e. The second-order valence-electron chi connectivity index (χ2n) is 10.8. The molecule has 0 saturated carbocycles. The maximum atomic E-state index is 10.2. The van der Waals surface area contributed by atoms with Crippen LogP contribution in [0.5, 0.6) is 17.2 Å². The number of fused-ring (bicyclic) bond motifs is 1. The van der Waals surface area contributed by atoms with Crippen LogP contribution in [0, 0.1) is 5.92 Å². The monoisotopic (exact) mass is 521 g/mol. The molecular weight excluding hydrogens is 486 g/mol. The molecule has 6 heteroatoms. The molecule has 1 fully saturated rings. The number of phenolic OH excluding ortho intramolecular Hbond substituents is 1. The fourth-order valence-electron chi connectivity index (χ4n) is 5.71. The van der Waals surface area contributed by atoms with Gasteiger partial charge in [0.1, 0.15) is 30.0 Å². The van der Waals surface area contributed by atoms with Crippen LogP contribution in [0.15, 0.2) is 85.2 Å². The van der Waals surface area contributed by atoms with Gasteiger partial charge in [0.15, 0.2) is 0 Å². The number of phenols is 1. The van der Waals surface area contributed by atoms with Crippen molar-refractivity contribution < 1.29 is 14.6 Å². The molecule has 2 aliphatic rings. The average molecular weight is 522 g/mol. The lowest BCUT2D eigenvalue weighted by Crippen LogP contribution is -2.35. The van der Waals surface area contributed by atoms with Gasteiger partial charge in [0.2, 0.25) is 0 Å². The van der Waals surface area contributed by atoms with Gasteiger partial charge in [-0.05, 0) is 98.0 Å². The van der Waals surface area contributed by atoms with Gasteiger partial charge < -0.3 is 14.6 Å². The van der Waals surface area contributed by atoms with E-state index in [0.29, 0.717) is 12.6 Å². The number of aromatic nitrogens is 2. The molecule has 3 unspecified atom stereocenters. The van der Waals surface area contributed by atoms with Crippen molar-refractivity contribution in [1.82, 2.24) is 14.7 Å². The summed E-state index contributed by atoms with van der Waals surface area (Å²) >= 11 is 0. The van der Waals surface area contributed by atoms with E-state index in [1.807, 2.05) is 47.3 Å². The Morgan fingerprint density at radius 2 is 1.92 bits per heavy atom. The molecule has 0 spiro atoms. The molecule has 0 amide bonds. The van der Waals surface area contributed by atoms with Crippen molar-refractivity contribution in [1.29, 1.82) is 0 Å². The van der Waals surface area contributed by atoms with Crippen LogP contribution in [0.4, 0.5) is 0 Å². The second kappa shape index (κ2) is 10.6. The predicted octanol–water partition coefficient (Wildman–Crippen LogP) is 6.75. The molecule has 200 valence electrons. The SMILES string of the molecule is CC1=C(c2cccc(-n3cccn3)c2)C(c2ccc(OCC(C)N3CCC(C)C3)cc2)Oc2ccc(O)cc21. The summed E-state index contributed by atoms with van der Waals surface area (Å²) in [6.45, 7) is 9.64. The Balaban J connectivity index is 1.30. The third kappa shape index (κ3) is 5.17. The zero-order valence-electron chi connectivity index (χ0n) is 22.7. The third-order valence-electron chi connectivity index (χ3n) is 7.96. The number of benzene rings is 3. The van der Waals surface area contributed by atoms with Crippen LogP contribution in [0.2, 0.25) is 0 Å². The number of likely N-dealkylation sites (tertiary alicyclic amines) is 1. The van der Waals surface area contributed by atoms with Gasteiger partial charge in [-0.15, -0.1) is 0 Å². The molecule has 0 bridgehead atoms. The summed E-state index contributed by atoms with van der Waals surface area (Å²) in [5.41, 5.74) is 6.10. The van der Waals surface area contributed by atoms with E-state index in [2.05, 4.69) is 55.0 Å². The lowest BCUT2D eigenvalue weighted by atomic mass is 9.86. The highest BCUT2D eigenvalue weighted by Gasteiger charge is 2.30. The summed E-state index contributed by atoms with van der Waals surface area (Å²) in [7, 11) is 0. The maximum absolute atomic E-state index is 10.2. The minimum absolute atomic E-state index is 0.221. The number of ether oxygens (including phenoxy) is 2. The normalized spacial score (nSPS) is 20.0. The van der Waals surface area contributed by atoms with E-state index in [0.717, 1.165) is 64.0 Å². The molecule has 2 aliphatic heterocycles. The van der Waals surface area contributed by atoms with Crippen molar-refractivity contribution in [3.8, 4) is 22.9 Å². The molecule has 1 N–H and O–H groups in total. The van der Waals surface area contributed by atoms with Crippen molar-refractivity contribution in [2.75, 3.05) is 19.7 Å². The lowest BCUT2D eigenvalue weighted by Gasteiger charge is -2.31. The maximum Gasteiger partial charge on any atom is 0.150 e. The zero-order chi connectivity index (χ0) is 26.9. The molecule has 4 aromatic rings. The number of allylic oxidation sites excluding steroid dienone is 1. The van der Waals surface area contributed by atoms with Crippen LogP contribution < -0.4 is 9.47 Å². The minimum atomic E-state index is -0.311. The fourth-order valence-corrected chi connectivity index (χ4v) is 5.71. The Morgan fingerprint density at radius 3 is 2.67 bits per heavy atom. The highest BCUT2D eigenvalue weighted by atomic mass is 16.5. The van der Waals surface area contributed by atoms with Gasteiger partial charge in [0.25, 0.3) is 0 Å². The van der Waals surface area contributed by atoms with E-state index in [-0.39, 0.29) is 11.9 Å². The number of hydrogen-bond donors (Lipinski definition) is 1. The Kier molecular flexibility index (Phi) is 6.88. The molecule has 3 aromatic carbocycles. The molecule has 1 saturated heterocycles. The van der Waals surface area contributed by atoms with Crippen molar-refractivity contribution in [2.45, 2.75) is 39.3 Å². The zero-order valence-corrected chi connectivity index (χ0v) is 22.7. The van der Waals surface area contributed by atoms with E-state index < -0.39 is 0 Å². The molecule has 39 heavy (non-hydrogen) atoms. The first kappa shape index (κ1) is 25.3. The number of rotatable bonds is 7. The van der Waals surface area contributed by atoms with Crippen LogP contribution in [0.3, 0.4) is 0 Å². The molecule has 3 heterocycles. The highest BCUT2D eigenvalue weighted by molar-refractivity contribution is 5.96. The lowest BCUT2D eigenvalue weighted by molar-refractivity contribution is 0.169. The molecule has 0 radical (unpaired) electrons. The largest absolute Gasteiger partial charge is 0.508 e.